The van der Waals surface area contributed by atoms with Crippen LogP contribution in [0.25, 0.3) is 0 Å². The Morgan fingerprint density at radius 2 is 1.61 bits per heavy atom. The van der Waals surface area contributed by atoms with E-state index >= 15 is 0 Å². The van der Waals surface area contributed by atoms with Crippen molar-refractivity contribution in [3.05, 3.63) is 94.5 Å². The first kappa shape index (κ1) is 21.3. The molecule has 1 aliphatic heterocycles. The number of carbonyl (C=O) groups is 2. The molecule has 0 fully saturated rings. The summed E-state index contributed by atoms with van der Waals surface area (Å²) >= 11 is 3.43. The molecule has 3 aromatic rings. The summed E-state index contributed by atoms with van der Waals surface area (Å²) in [5, 5.41) is 0. The van der Waals surface area contributed by atoms with Crippen LogP contribution in [0.3, 0.4) is 0 Å². The van der Waals surface area contributed by atoms with E-state index in [1.807, 2.05) is 95.6 Å². The molecule has 1 aliphatic rings. The minimum absolute atomic E-state index is 0.0287. The predicted molar refractivity (Wildman–Crippen MR) is 128 cm³/mol. The van der Waals surface area contributed by atoms with Gasteiger partial charge in [-0.15, -0.1) is 0 Å². The van der Waals surface area contributed by atoms with E-state index in [2.05, 4.69) is 22.9 Å². The molecule has 4 rings (SSSR count). The molecule has 3 aromatic carbocycles. The van der Waals surface area contributed by atoms with Crippen molar-refractivity contribution in [3.8, 4) is 0 Å². The lowest BCUT2D eigenvalue weighted by Crippen LogP contribution is -2.47. The Labute approximate surface area is 191 Å². The Balaban J connectivity index is 1.78. The molecular formula is C26H25BrN2O2. The number of para-hydroxylation sites is 2. The molecule has 0 spiro atoms. The fraction of sp³-hybridized carbons (Fsp3) is 0.231. The number of halogens is 1. The van der Waals surface area contributed by atoms with Crippen molar-refractivity contribution in [1.82, 2.24) is 0 Å². The van der Waals surface area contributed by atoms with Crippen LogP contribution in [-0.2, 0) is 4.79 Å². The minimum atomic E-state index is -0.130. The first-order valence-electron chi connectivity index (χ1n) is 10.6. The van der Waals surface area contributed by atoms with Gasteiger partial charge in [0.25, 0.3) is 5.91 Å². The van der Waals surface area contributed by atoms with Crippen molar-refractivity contribution in [1.29, 1.82) is 0 Å². The zero-order valence-corrected chi connectivity index (χ0v) is 19.2. The van der Waals surface area contributed by atoms with Gasteiger partial charge in [0.05, 0.1) is 6.04 Å². The molecule has 31 heavy (non-hydrogen) atoms. The molecule has 158 valence electrons. The van der Waals surface area contributed by atoms with Gasteiger partial charge in [-0.25, -0.2) is 0 Å². The van der Waals surface area contributed by atoms with Crippen LogP contribution >= 0.6 is 15.9 Å². The summed E-state index contributed by atoms with van der Waals surface area (Å²) in [7, 11) is 0. The van der Waals surface area contributed by atoms with Crippen molar-refractivity contribution in [2.75, 3.05) is 9.80 Å². The highest BCUT2D eigenvalue weighted by Gasteiger charge is 2.38. The Bertz CT molecular complexity index is 1080. The van der Waals surface area contributed by atoms with Crippen LogP contribution < -0.4 is 9.80 Å². The second kappa shape index (κ2) is 9.06. The zero-order valence-electron chi connectivity index (χ0n) is 17.7. The lowest BCUT2D eigenvalue weighted by atomic mass is 9.89. The molecule has 2 atom stereocenters. The van der Waals surface area contributed by atoms with Crippen LogP contribution in [0.4, 0.5) is 11.4 Å². The van der Waals surface area contributed by atoms with E-state index in [9.17, 15) is 9.59 Å². The number of anilines is 2. The van der Waals surface area contributed by atoms with Crippen molar-refractivity contribution in [3.63, 3.8) is 0 Å². The SMILES string of the molecule is CCC(=O)N(c1ccccc1)[C@H]1C[C@@H](C)N(C(=O)c2ccc(Br)cc2)c2ccccc21. The van der Waals surface area contributed by atoms with E-state index in [4.69, 9.17) is 0 Å². The molecule has 0 unspecified atom stereocenters. The van der Waals surface area contributed by atoms with E-state index in [0.717, 1.165) is 21.4 Å². The van der Waals surface area contributed by atoms with Crippen molar-refractivity contribution >= 4 is 39.1 Å². The molecule has 5 heteroatoms. The first-order chi connectivity index (χ1) is 15.0. The summed E-state index contributed by atoms with van der Waals surface area (Å²) in [6.45, 7) is 3.94. The number of rotatable bonds is 4. The summed E-state index contributed by atoms with van der Waals surface area (Å²) in [5.41, 5.74) is 3.39. The standard InChI is InChI=1S/C26H25BrN2O2/c1-3-25(30)29(21-9-5-4-6-10-21)24-17-18(2)28(23-12-8-7-11-22(23)24)26(31)19-13-15-20(27)16-14-19/h4-16,18,24H,3,17H2,1-2H3/t18-,24+/m1/s1. The summed E-state index contributed by atoms with van der Waals surface area (Å²) in [6, 6.07) is 25.0. The second-order valence-electron chi connectivity index (χ2n) is 7.79. The largest absolute Gasteiger partial charge is 0.305 e. The molecule has 0 aromatic heterocycles. The summed E-state index contributed by atoms with van der Waals surface area (Å²) in [5.74, 6) is 0.0462. The second-order valence-corrected chi connectivity index (χ2v) is 8.71. The van der Waals surface area contributed by atoms with Gasteiger partial charge >= 0.3 is 0 Å². The van der Waals surface area contributed by atoms with Gasteiger partial charge in [-0.2, -0.15) is 0 Å². The number of hydrogen-bond acceptors (Lipinski definition) is 2. The smallest absolute Gasteiger partial charge is 0.258 e. The molecule has 1 heterocycles. The Morgan fingerprint density at radius 3 is 2.29 bits per heavy atom. The topological polar surface area (TPSA) is 40.6 Å². The van der Waals surface area contributed by atoms with Crippen LogP contribution in [0.15, 0.2) is 83.3 Å². The van der Waals surface area contributed by atoms with Gasteiger partial charge in [-0.1, -0.05) is 59.3 Å². The number of fused-ring (bicyclic) bond motifs is 1. The van der Waals surface area contributed by atoms with Crippen LogP contribution in [-0.4, -0.2) is 17.9 Å². The molecule has 2 amide bonds. The maximum Gasteiger partial charge on any atom is 0.258 e. The van der Waals surface area contributed by atoms with Crippen LogP contribution in [0, 0.1) is 0 Å². The first-order valence-corrected chi connectivity index (χ1v) is 11.4. The third-order valence-corrected chi connectivity index (χ3v) is 6.32. The van der Waals surface area contributed by atoms with E-state index in [1.165, 1.54) is 0 Å². The van der Waals surface area contributed by atoms with Gasteiger partial charge in [0.1, 0.15) is 0 Å². The van der Waals surface area contributed by atoms with E-state index in [0.29, 0.717) is 18.4 Å². The molecule has 0 aliphatic carbocycles. The normalized spacial score (nSPS) is 17.7. The Morgan fingerprint density at radius 1 is 0.968 bits per heavy atom. The molecule has 0 N–H and O–H groups in total. The van der Waals surface area contributed by atoms with E-state index < -0.39 is 0 Å². The van der Waals surface area contributed by atoms with Crippen molar-refractivity contribution < 1.29 is 9.59 Å². The molecule has 0 saturated carbocycles. The van der Waals surface area contributed by atoms with Crippen molar-refractivity contribution in [2.45, 2.75) is 38.8 Å². The number of carbonyl (C=O) groups excluding carboxylic acids is 2. The van der Waals surface area contributed by atoms with Crippen LogP contribution in [0.5, 0.6) is 0 Å². The highest BCUT2D eigenvalue weighted by Crippen LogP contribution is 2.42. The maximum atomic E-state index is 13.5. The number of benzene rings is 3. The van der Waals surface area contributed by atoms with E-state index in [-0.39, 0.29) is 23.9 Å². The fourth-order valence-corrected chi connectivity index (χ4v) is 4.59. The van der Waals surface area contributed by atoms with Gasteiger partial charge in [0.15, 0.2) is 0 Å². The van der Waals surface area contributed by atoms with Crippen molar-refractivity contribution in [2.24, 2.45) is 0 Å². The molecule has 0 saturated heterocycles. The summed E-state index contributed by atoms with van der Waals surface area (Å²) < 4.78 is 0.938. The molecule has 0 radical (unpaired) electrons. The van der Waals surface area contributed by atoms with Gasteiger partial charge < -0.3 is 9.80 Å². The van der Waals surface area contributed by atoms with Gasteiger partial charge in [0.2, 0.25) is 5.91 Å². The summed E-state index contributed by atoms with van der Waals surface area (Å²) in [4.78, 5) is 30.3. The monoisotopic (exact) mass is 476 g/mol. The third-order valence-electron chi connectivity index (χ3n) is 5.79. The van der Waals surface area contributed by atoms with Gasteiger partial charge in [0, 0.05) is 33.9 Å². The summed E-state index contributed by atoms with van der Waals surface area (Å²) in [6.07, 6.45) is 1.09. The number of nitrogens with zero attached hydrogens (tertiary/aromatic N) is 2. The number of amides is 2. The Hall–Kier alpha value is -2.92. The van der Waals surface area contributed by atoms with E-state index in [1.54, 1.807) is 0 Å². The third kappa shape index (κ3) is 4.15. The lowest BCUT2D eigenvalue weighted by molar-refractivity contribution is -0.118. The van der Waals surface area contributed by atoms with Crippen LogP contribution in [0.1, 0.15) is 48.7 Å². The minimum Gasteiger partial charge on any atom is -0.305 e. The zero-order chi connectivity index (χ0) is 22.0. The molecule has 0 bridgehead atoms. The molecule has 4 nitrogen and oxygen atoms in total. The fourth-order valence-electron chi connectivity index (χ4n) is 4.32. The average Bonchev–Trinajstić information content (AvgIpc) is 2.80. The van der Waals surface area contributed by atoms with Gasteiger partial charge in [-0.3, -0.25) is 9.59 Å². The quantitative estimate of drug-likeness (QED) is 0.438. The number of hydrogen-bond donors (Lipinski definition) is 0. The Kier molecular flexibility index (Phi) is 6.23. The van der Waals surface area contributed by atoms with Gasteiger partial charge in [-0.05, 0) is 61.4 Å². The highest BCUT2D eigenvalue weighted by molar-refractivity contribution is 9.10. The predicted octanol–water partition coefficient (Wildman–Crippen LogP) is 6.37. The average molecular weight is 477 g/mol. The lowest BCUT2D eigenvalue weighted by Gasteiger charge is -2.43. The van der Waals surface area contributed by atoms with Crippen LogP contribution in [0.2, 0.25) is 0 Å². The highest BCUT2D eigenvalue weighted by atomic mass is 79.9. The maximum absolute atomic E-state index is 13.5. The molecular weight excluding hydrogens is 452 g/mol.